The molecule has 0 saturated heterocycles. The fraction of sp³-hybridized carbons (Fsp3) is 0.118. The summed E-state index contributed by atoms with van der Waals surface area (Å²) in [6.45, 7) is 0. The number of ether oxygens (including phenoxy) is 1. The van der Waals surface area contributed by atoms with Crippen molar-refractivity contribution in [3.05, 3.63) is 42.5 Å². The van der Waals surface area contributed by atoms with E-state index in [1.807, 2.05) is 29.9 Å². The molecule has 0 atom stereocenters. The molecule has 5 heteroatoms. The molecule has 2 heterocycles. The van der Waals surface area contributed by atoms with Gasteiger partial charge in [0.15, 0.2) is 5.75 Å². The Labute approximate surface area is 131 Å². The fourth-order valence-corrected chi connectivity index (χ4v) is 3.89. The summed E-state index contributed by atoms with van der Waals surface area (Å²) in [6.07, 6.45) is 0. The number of rotatable bonds is 2. The second kappa shape index (κ2) is 4.74. The molecule has 2 N–H and O–H groups in total. The maximum atomic E-state index is 6.07. The predicted molar refractivity (Wildman–Crippen MR) is 92.5 cm³/mol. The molecule has 0 aliphatic rings. The lowest BCUT2D eigenvalue weighted by Crippen LogP contribution is -1.93. The van der Waals surface area contributed by atoms with Crippen LogP contribution in [-0.2, 0) is 7.05 Å². The van der Waals surface area contributed by atoms with E-state index in [4.69, 9.17) is 15.6 Å². The van der Waals surface area contributed by atoms with E-state index in [0.717, 1.165) is 21.5 Å². The molecule has 0 spiro atoms. The van der Waals surface area contributed by atoms with Gasteiger partial charge in [-0.05, 0) is 29.7 Å². The van der Waals surface area contributed by atoms with Gasteiger partial charge in [-0.1, -0.05) is 18.2 Å². The van der Waals surface area contributed by atoms with E-state index in [-0.39, 0.29) is 0 Å². The second-order valence-electron chi connectivity index (χ2n) is 5.20. The lowest BCUT2D eigenvalue weighted by atomic mass is 10.1. The first-order valence-corrected chi connectivity index (χ1v) is 7.79. The Hall–Kier alpha value is -2.53. The molecule has 0 amide bonds. The van der Waals surface area contributed by atoms with Crippen molar-refractivity contribution >= 4 is 38.0 Å². The van der Waals surface area contributed by atoms with E-state index in [1.54, 1.807) is 18.4 Å². The third-order valence-corrected chi connectivity index (χ3v) is 4.99. The molecule has 4 rings (SSSR count). The molecular weight excluding hydrogens is 294 g/mol. The van der Waals surface area contributed by atoms with Gasteiger partial charge in [-0.3, -0.25) is 4.68 Å². The van der Waals surface area contributed by atoms with Crippen LogP contribution in [0, 0.1) is 0 Å². The molecule has 4 aromatic rings. The Balaban J connectivity index is 2.07. The molecule has 0 bridgehead atoms. The number of nitrogen functional groups attached to an aromatic ring is 1. The van der Waals surface area contributed by atoms with Gasteiger partial charge in [-0.2, -0.15) is 5.10 Å². The molecule has 0 fully saturated rings. The molecule has 0 radical (unpaired) electrons. The lowest BCUT2D eigenvalue weighted by molar-refractivity contribution is 0.422. The van der Waals surface area contributed by atoms with Crippen LogP contribution in [0.1, 0.15) is 0 Å². The number of methoxy groups -OCH3 is 1. The second-order valence-corrected chi connectivity index (χ2v) is 6.29. The zero-order chi connectivity index (χ0) is 15.3. The quantitative estimate of drug-likeness (QED) is 0.568. The van der Waals surface area contributed by atoms with Crippen LogP contribution in [0.2, 0.25) is 0 Å². The van der Waals surface area contributed by atoms with E-state index in [2.05, 4.69) is 24.3 Å². The summed E-state index contributed by atoms with van der Waals surface area (Å²) in [6, 6.07) is 14.4. The zero-order valence-corrected chi connectivity index (χ0v) is 13.1. The van der Waals surface area contributed by atoms with Crippen molar-refractivity contribution < 1.29 is 4.74 Å². The molecule has 0 aliphatic heterocycles. The highest BCUT2D eigenvalue weighted by Crippen LogP contribution is 2.41. The third kappa shape index (κ3) is 1.79. The highest BCUT2D eigenvalue weighted by molar-refractivity contribution is 7.22. The Morgan fingerprint density at radius 3 is 2.77 bits per heavy atom. The van der Waals surface area contributed by atoms with Gasteiger partial charge in [-0.25, -0.2) is 0 Å². The van der Waals surface area contributed by atoms with Crippen LogP contribution in [0.5, 0.6) is 5.75 Å². The number of hydrogen-bond donors (Lipinski definition) is 1. The van der Waals surface area contributed by atoms with Crippen LogP contribution in [-0.4, -0.2) is 16.9 Å². The summed E-state index contributed by atoms with van der Waals surface area (Å²) in [5.74, 6) is 0.693. The maximum absolute atomic E-state index is 6.07. The van der Waals surface area contributed by atoms with Crippen molar-refractivity contribution in [2.45, 2.75) is 0 Å². The molecule has 2 aromatic heterocycles. The van der Waals surface area contributed by atoms with Crippen molar-refractivity contribution in [1.82, 2.24) is 9.78 Å². The number of aromatic nitrogens is 2. The summed E-state index contributed by atoms with van der Waals surface area (Å²) in [5.41, 5.74) is 8.63. The Morgan fingerprint density at radius 2 is 2.00 bits per heavy atom. The van der Waals surface area contributed by atoms with Gasteiger partial charge in [0.25, 0.3) is 0 Å². The number of anilines is 1. The van der Waals surface area contributed by atoms with Gasteiger partial charge in [0.1, 0.15) is 5.69 Å². The number of fused-ring (bicyclic) bond motifs is 2. The smallest absolute Gasteiger partial charge is 0.153 e. The summed E-state index contributed by atoms with van der Waals surface area (Å²) < 4.78 is 8.66. The molecule has 0 saturated carbocycles. The number of hydrogen-bond acceptors (Lipinski definition) is 4. The monoisotopic (exact) mass is 309 g/mol. The Kier molecular flexibility index (Phi) is 2.84. The first-order chi connectivity index (χ1) is 10.7. The van der Waals surface area contributed by atoms with Crippen LogP contribution in [0.3, 0.4) is 0 Å². The minimum atomic E-state index is 0.630. The molecule has 0 aliphatic carbocycles. The molecule has 22 heavy (non-hydrogen) atoms. The number of nitrogens with zero attached hydrogens (tertiary/aromatic N) is 2. The number of aryl methyl sites for hydroxylation is 1. The van der Waals surface area contributed by atoms with Crippen LogP contribution >= 0.6 is 11.3 Å². The predicted octanol–water partition coefficient (Wildman–Crippen LogP) is 4.05. The van der Waals surface area contributed by atoms with Gasteiger partial charge in [-0.15, -0.1) is 11.3 Å². The molecule has 110 valence electrons. The van der Waals surface area contributed by atoms with Crippen molar-refractivity contribution in [1.29, 1.82) is 0 Å². The lowest BCUT2D eigenvalue weighted by Gasteiger charge is -2.06. The van der Waals surface area contributed by atoms with E-state index in [1.165, 1.54) is 10.1 Å². The van der Waals surface area contributed by atoms with Gasteiger partial charge in [0, 0.05) is 11.7 Å². The van der Waals surface area contributed by atoms with E-state index >= 15 is 0 Å². The standard InChI is InChI=1S/C17H15N3OS/c1-20-12-8-7-11(18)17(21-2)15(12)16(19-20)14-9-10-5-3-4-6-13(10)22-14/h3-9H,18H2,1-2H3. The zero-order valence-electron chi connectivity index (χ0n) is 12.3. The summed E-state index contributed by atoms with van der Waals surface area (Å²) in [7, 11) is 3.58. The van der Waals surface area contributed by atoms with Gasteiger partial charge < -0.3 is 10.5 Å². The molecular formula is C17H15N3OS. The number of benzene rings is 2. The largest absolute Gasteiger partial charge is 0.494 e. The van der Waals surface area contributed by atoms with Crippen molar-refractivity contribution in [3.63, 3.8) is 0 Å². The van der Waals surface area contributed by atoms with Crippen molar-refractivity contribution in [2.75, 3.05) is 12.8 Å². The van der Waals surface area contributed by atoms with E-state index < -0.39 is 0 Å². The first-order valence-electron chi connectivity index (χ1n) is 6.97. The minimum Gasteiger partial charge on any atom is -0.494 e. The highest BCUT2D eigenvalue weighted by Gasteiger charge is 2.18. The van der Waals surface area contributed by atoms with Gasteiger partial charge >= 0.3 is 0 Å². The average Bonchev–Trinajstić information content (AvgIpc) is 3.08. The topological polar surface area (TPSA) is 53.1 Å². The molecule has 2 aromatic carbocycles. The van der Waals surface area contributed by atoms with E-state index in [0.29, 0.717) is 11.4 Å². The van der Waals surface area contributed by atoms with Crippen LogP contribution in [0.25, 0.3) is 31.6 Å². The normalized spacial score (nSPS) is 11.4. The fourth-order valence-electron chi connectivity index (χ4n) is 2.83. The number of nitrogens with two attached hydrogens (primary N) is 1. The van der Waals surface area contributed by atoms with Crippen LogP contribution in [0.15, 0.2) is 42.5 Å². The van der Waals surface area contributed by atoms with E-state index in [9.17, 15) is 0 Å². The summed E-state index contributed by atoms with van der Waals surface area (Å²) in [4.78, 5) is 1.12. The minimum absolute atomic E-state index is 0.630. The SMILES string of the molecule is COc1c(N)ccc2c1c(-c1cc3ccccc3s1)nn2C. The third-order valence-electron chi connectivity index (χ3n) is 3.86. The Bertz CT molecular complexity index is 967. The molecule has 0 unspecified atom stereocenters. The summed E-state index contributed by atoms with van der Waals surface area (Å²) in [5, 5.41) is 6.89. The van der Waals surface area contributed by atoms with Crippen LogP contribution < -0.4 is 10.5 Å². The van der Waals surface area contributed by atoms with Crippen LogP contribution in [0.4, 0.5) is 5.69 Å². The van der Waals surface area contributed by atoms with Crippen molar-refractivity contribution in [3.8, 4) is 16.3 Å². The van der Waals surface area contributed by atoms with Gasteiger partial charge in [0.2, 0.25) is 0 Å². The van der Waals surface area contributed by atoms with Crippen molar-refractivity contribution in [2.24, 2.45) is 7.05 Å². The highest BCUT2D eigenvalue weighted by atomic mass is 32.1. The Morgan fingerprint density at radius 1 is 1.18 bits per heavy atom. The molecule has 4 nitrogen and oxygen atoms in total. The first kappa shape index (κ1) is 13.2. The number of thiophene rings is 1. The average molecular weight is 309 g/mol. The maximum Gasteiger partial charge on any atom is 0.153 e. The van der Waals surface area contributed by atoms with Gasteiger partial charge in [0.05, 0.1) is 28.6 Å². The summed E-state index contributed by atoms with van der Waals surface area (Å²) >= 11 is 1.73.